The summed E-state index contributed by atoms with van der Waals surface area (Å²) in [5.74, 6) is 0.580. The average Bonchev–Trinajstić information content (AvgIpc) is 2.97. The molecule has 2 rings (SSSR count). The van der Waals surface area contributed by atoms with E-state index in [2.05, 4.69) is 33.9 Å². The van der Waals surface area contributed by atoms with Crippen LogP contribution in [0.25, 0.3) is 0 Å². The maximum atomic E-state index is 12.1. The number of imidazole rings is 1. The summed E-state index contributed by atoms with van der Waals surface area (Å²) in [7, 11) is -3.51. The molecule has 1 aromatic carbocycles. The van der Waals surface area contributed by atoms with Crippen molar-refractivity contribution < 1.29 is 8.42 Å². The molecule has 6 nitrogen and oxygen atoms in total. The van der Waals surface area contributed by atoms with Gasteiger partial charge in [-0.05, 0) is 17.7 Å². The standard InChI is InChI=1S/C14H20N4O2S/c1-11(2)17-9-12-3-5-13(6-4-12)21(19,20)18-10-14-15-7-8-16-14/h3-8,11,17-18H,9-10H2,1-2H3,(H,15,16). The lowest BCUT2D eigenvalue weighted by molar-refractivity contribution is 0.578. The monoisotopic (exact) mass is 308 g/mol. The van der Waals surface area contributed by atoms with Gasteiger partial charge in [-0.3, -0.25) is 0 Å². The third-order valence-corrected chi connectivity index (χ3v) is 4.35. The number of hydrogen-bond acceptors (Lipinski definition) is 4. The van der Waals surface area contributed by atoms with Crippen LogP contribution in [0.15, 0.2) is 41.6 Å². The number of benzene rings is 1. The molecule has 2 aromatic rings. The van der Waals surface area contributed by atoms with Crippen LogP contribution in [-0.2, 0) is 23.1 Å². The fourth-order valence-electron chi connectivity index (χ4n) is 1.75. The zero-order valence-electron chi connectivity index (χ0n) is 12.1. The second kappa shape index (κ2) is 6.84. The van der Waals surface area contributed by atoms with Crippen LogP contribution >= 0.6 is 0 Å². The van der Waals surface area contributed by atoms with E-state index in [1.807, 2.05) is 12.1 Å². The van der Waals surface area contributed by atoms with Crippen LogP contribution in [0.4, 0.5) is 0 Å². The molecule has 0 aliphatic rings. The molecular weight excluding hydrogens is 288 g/mol. The van der Waals surface area contributed by atoms with Gasteiger partial charge in [-0.15, -0.1) is 0 Å². The molecule has 0 atom stereocenters. The fraction of sp³-hybridized carbons (Fsp3) is 0.357. The number of H-pyrrole nitrogens is 1. The van der Waals surface area contributed by atoms with E-state index in [0.29, 0.717) is 11.9 Å². The van der Waals surface area contributed by atoms with Gasteiger partial charge in [0.25, 0.3) is 0 Å². The zero-order valence-corrected chi connectivity index (χ0v) is 12.9. The minimum atomic E-state index is -3.51. The van der Waals surface area contributed by atoms with Crippen LogP contribution in [0, 0.1) is 0 Å². The quantitative estimate of drug-likeness (QED) is 0.721. The summed E-state index contributed by atoms with van der Waals surface area (Å²) in [4.78, 5) is 7.08. The molecular formula is C14H20N4O2S. The Labute approximate surface area is 125 Å². The molecule has 0 amide bonds. The van der Waals surface area contributed by atoms with E-state index >= 15 is 0 Å². The van der Waals surface area contributed by atoms with Crippen molar-refractivity contribution in [3.05, 3.63) is 48.0 Å². The third-order valence-electron chi connectivity index (χ3n) is 2.93. The minimum Gasteiger partial charge on any atom is -0.347 e. The fourth-order valence-corrected chi connectivity index (χ4v) is 2.74. The van der Waals surface area contributed by atoms with Crippen LogP contribution in [0.3, 0.4) is 0 Å². The maximum absolute atomic E-state index is 12.1. The van der Waals surface area contributed by atoms with Gasteiger partial charge in [-0.1, -0.05) is 26.0 Å². The SMILES string of the molecule is CC(C)NCc1ccc(S(=O)(=O)NCc2ncc[nH]2)cc1. The molecule has 0 spiro atoms. The van der Waals surface area contributed by atoms with E-state index in [1.165, 1.54) is 0 Å². The molecule has 21 heavy (non-hydrogen) atoms. The van der Waals surface area contributed by atoms with Gasteiger partial charge in [0.2, 0.25) is 10.0 Å². The summed E-state index contributed by atoms with van der Waals surface area (Å²) >= 11 is 0. The Morgan fingerprint density at radius 3 is 2.48 bits per heavy atom. The highest BCUT2D eigenvalue weighted by molar-refractivity contribution is 7.89. The molecule has 0 aliphatic carbocycles. The highest BCUT2D eigenvalue weighted by atomic mass is 32.2. The number of sulfonamides is 1. The van der Waals surface area contributed by atoms with Gasteiger partial charge < -0.3 is 10.3 Å². The second-order valence-corrected chi connectivity index (χ2v) is 6.81. The van der Waals surface area contributed by atoms with Gasteiger partial charge >= 0.3 is 0 Å². The predicted octanol–water partition coefficient (Wildman–Crippen LogP) is 1.39. The van der Waals surface area contributed by atoms with Crippen LogP contribution in [0.2, 0.25) is 0 Å². The first-order valence-corrected chi connectivity index (χ1v) is 8.26. The van der Waals surface area contributed by atoms with Crippen LogP contribution in [-0.4, -0.2) is 24.4 Å². The van der Waals surface area contributed by atoms with Gasteiger partial charge in [-0.2, -0.15) is 0 Å². The van der Waals surface area contributed by atoms with E-state index < -0.39 is 10.0 Å². The summed E-state index contributed by atoms with van der Waals surface area (Å²) in [6, 6.07) is 7.25. The van der Waals surface area contributed by atoms with E-state index in [-0.39, 0.29) is 11.4 Å². The molecule has 0 aliphatic heterocycles. The third kappa shape index (κ3) is 4.66. The molecule has 3 N–H and O–H groups in total. The van der Waals surface area contributed by atoms with Crippen molar-refractivity contribution >= 4 is 10.0 Å². The first-order chi connectivity index (χ1) is 9.97. The van der Waals surface area contributed by atoms with Crippen molar-refractivity contribution in [2.45, 2.75) is 37.9 Å². The van der Waals surface area contributed by atoms with E-state index in [1.54, 1.807) is 24.5 Å². The lowest BCUT2D eigenvalue weighted by atomic mass is 10.2. The highest BCUT2D eigenvalue weighted by Crippen LogP contribution is 2.11. The number of nitrogens with one attached hydrogen (secondary N) is 3. The van der Waals surface area contributed by atoms with Crippen molar-refractivity contribution in [1.29, 1.82) is 0 Å². The Kier molecular flexibility index (Phi) is 5.11. The molecule has 0 saturated heterocycles. The molecule has 0 bridgehead atoms. The van der Waals surface area contributed by atoms with Crippen LogP contribution in [0.5, 0.6) is 0 Å². The number of aromatic amines is 1. The van der Waals surface area contributed by atoms with Gasteiger partial charge in [0.1, 0.15) is 5.82 Å². The lowest BCUT2D eigenvalue weighted by Crippen LogP contribution is -2.24. The van der Waals surface area contributed by atoms with Gasteiger partial charge in [0.05, 0.1) is 11.4 Å². The predicted molar refractivity (Wildman–Crippen MR) is 81.0 cm³/mol. The molecule has 1 heterocycles. The maximum Gasteiger partial charge on any atom is 0.240 e. The van der Waals surface area contributed by atoms with Crippen molar-refractivity contribution in [1.82, 2.24) is 20.0 Å². The molecule has 1 aromatic heterocycles. The van der Waals surface area contributed by atoms with E-state index in [0.717, 1.165) is 12.1 Å². The second-order valence-electron chi connectivity index (χ2n) is 5.04. The molecule has 0 saturated carbocycles. The number of nitrogens with zero attached hydrogens (tertiary/aromatic N) is 1. The molecule has 0 fully saturated rings. The highest BCUT2D eigenvalue weighted by Gasteiger charge is 2.13. The largest absolute Gasteiger partial charge is 0.347 e. The first kappa shape index (κ1) is 15.7. The molecule has 0 unspecified atom stereocenters. The lowest BCUT2D eigenvalue weighted by Gasteiger charge is -2.09. The molecule has 0 radical (unpaired) electrons. The topological polar surface area (TPSA) is 86.9 Å². The summed E-state index contributed by atoms with van der Waals surface area (Å²) in [6.07, 6.45) is 3.24. The number of rotatable bonds is 7. The summed E-state index contributed by atoms with van der Waals surface area (Å²) in [5.41, 5.74) is 1.05. The Morgan fingerprint density at radius 1 is 1.19 bits per heavy atom. The average molecular weight is 308 g/mol. The zero-order chi connectivity index (χ0) is 15.3. The van der Waals surface area contributed by atoms with E-state index in [9.17, 15) is 8.42 Å². The minimum absolute atomic E-state index is 0.145. The van der Waals surface area contributed by atoms with Gasteiger partial charge in [-0.25, -0.2) is 18.1 Å². The van der Waals surface area contributed by atoms with Gasteiger partial charge in [0, 0.05) is 25.0 Å². The Bertz CT molecular complexity index is 649. The Hall–Kier alpha value is -1.70. The summed E-state index contributed by atoms with van der Waals surface area (Å²) in [5, 5.41) is 3.29. The smallest absolute Gasteiger partial charge is 0.240 e. The first-order valence-electron chi connectivity index (χ1n) is 6.77. The summed E-state index contributed by atoms with van der Waals surface area (Å²) in [6.45, 7) is 5.00. The molecule has 7 heteroatoms. The normalized spacial score (nSPS) is 12.0. The van der Waals surface area contributed by atoms with Crippen LogP contribution < -0.4 is 10.0 Å². The van der Waals surface area contributed by atoms with Crippen molar-refractivity contribution in [2.24, 2.45) is 0 Å². The molecule has 114 valence electrons. The van der Waals surface area contributed by atoms with Crippen LogP contribution in [0.1, 0.15) is 25.2 Å². The summed E-state index contributed by atoms with van der Waals surface area (Å²) < 4.78 is 26.8. The van der Waals surface area contributed by atoms with Crippen molar-refractivity contribution in [3.8, 4) is 0 Å². The Morgan fingerprint density at radius 2 is 1.90 bits per heavy atom. The van der Waals surface area contributed by atoms with Gasteiger partial charge in [0.15, 0.2) is 0 Å². The van der Waals surface area contributed by atoms with Crippen molar-refractivity contribution in [2.75, 3.05) is 0 Å². The Balaban J connectivity index is 1.99. The van der Waals surface area contributed by atoms with Crippen molar-refractivity contribution in [3.63, 3.8) is 0 Å². The van der Waals surface area contributed by atoms with E-state index in [4.69, 9.17) is 0 Å². The number of aromatic nitrogens is 2. The number of hydrogen-bond donors (Lipinski definition) is 3.